The number of nitrogens with zero attached hydrogens (tertiary/aromatic N) is 2. The Hall–Kier alpha value is -1.26. The third-order valence-corrected chi connectivity index (χ3v) is 4.23. The zero-order valence-corrected chi connectivity index (χ0v) is 12.5. The normalized spacial score (nSPS) is 29.3. The van der Waals surface area contributed by atoms with Gasteiger partial charge in [0.05, 0.1) is 0 Å². The Balaban J connectivity index is 1.79. The number of guanidine groups is 1. The molecule has 1 aliphatic carbocycles. The number of aliphatic imine (C=N–C) groups is 1. The molecular weight excluding hydrogens is 240 g/mol. The van der Waals surface area contributed by atoms with E-state index < -0.39 is 0 Å². The largest absolute Gasteiger partial charge is 0.353 e. The smallest absolute Gasteiger partial charge is 0.222 e. The number of hydrogen-bond donors (Lipinski definition) is 2. The van der Waals surface area contributed by atoms with Crippen LogP contribution in [0.2, 0.25) is 0 Å². The van der Waals surface area contributed by atoms with E-state index in [0.29, 0.717) is 23.9 Å². The Morgan fingerprint density at radius 2 is 2.11 bits per heavy atom. The van der Waals surface area contributed by atoms with Gasteiger partial charge in [-0.05, 0) is 18.3 Å². The molecule has 2 fully saturated rings. The number of hydrogen-bond acceptors (Lipinski definition) is 2. The standard InChI is InChI=1S/C14H26N4O/c1-5-12(19)18-7-6-10(9-18)16-13(15-4)17-11-8-14(11,2)3/h10-11H,5-9H2,1-4H3,(H2,15,16,17). The molecule has 1 heterocycles. The van der Waals surface area contributed by atoms with E-state index >= 15 is 0 Å². The van der Waals surface area contributed by atoms with E-state index in [9.17, 15) is 4.79 Å². The first-order chi connectivity index (χ1) is 8.96. The van der Waals surface area contributed by atoms with Gasteiger partial charge in [0.1, 0.15) is 0 Å². The molecule has 2 unspecified atom stereocenters. The van der Waals surface area contributed by atoms with Crippen molar-refractivity contribution in [2.75, 3.05) is 20.1 Å². The van der Waals surface area contributed by atoms with Crippen LogP contribution in [0.4, 0.5) is 0 Å². The van der Waals surface area contributed by atoms with Gasteiger partial charge in [0.2, 0.25) is 5.91 Å². The van der Waals surface area contributed by atoms with Crippen LogP contribution < -0.4 is 10.6 Å². The van der Waals surface area contributed by atoms with Crippen molar-refractivity contribution in [3.05, 3.63) is 0 Å². The van der Waals surface area contributed by atoms with Crippen molar-refractivity contribution >= 4 is 11.9 Å². The molecule has 2 rings (SSSR count). The maximum Gasteiger partial charge on any atom is 0.222 e. The van der Waals surface area contributed by atoms with Gasteiger partial charge in [-0.1, -0.05) is 20.8 Å². The molecule has 1 aliphatic heterocycles. The van der Waals surface area contributed by atoms with E-state index in [1.54, 1.807) is 7.05 Å². The van der Waals surface area contributed by atoms with E-state index in [4.69, 9.17) is 0 Å². The minimum absolute atomic E-state index is 0.246. The minimum atomic E-state index is 0.246. The molecule has 5 nitrogen and oxygen atoms in total. The molecule has 1 saturated carbocycles. The first-order valence-electron chi connectivity index (χ1n) is 7.24. The molecule has 0 aromatic rings. The lowest BCUT2D eigenvalue weighted by Gasteiger charge is -2.19. The van der Waals surface area contributed by atoms with Crippen molar-refractivity contribution in [2.24, 2.45) is 10.4 Å². The second kappa shape index (κ2) is 5.39. The SMILES string of the molecule is CCC(=O)N1CCC(NC(=NC)NC2CC2(C)C)C1. The van der Waals surface area contributed by atoms with Crippen LogP contribution in [-0.2, 0) is 4.79 Å². The average molecular weight is 266 g/mol. The fraction of sp³-hybridized carbons (Fsp3) is 0.857. The maximum absolute atomic E-state index is 11.6. The Morgan fingerprint density at radius 3 is 2.63 bits per heavy atom. The molecule has 2 N–H and O–H groups in total. The summed E-state index contributed by atoms with van der Waals surface area (Å²) in [5, 5.41) is 6.88. The van der Waals surface area contributed by atoms with Crippen molar-refractivity contribution in [3.63, 3.8) is 0 Å². The number of rotatable bonds is 3. The Labute approximate surface area is 115 Å². The van der Waals surface area contributed by atoms with Crippen LogP contribution in [0, 0.1) is 5.41 Å². The Kier molecular flexibility index (Phi) is 4.02. The molecule has 1 amide bonds. The average Bonchev–Trinajstić information content (AvgIpc) is 2.80. The zero-order chi connectivity index (χ0) is 14.0. The van der Waals surface area contributed by atoms with Crippen LogP contribution >= 0.6 is 0 Å². The molecule has 19 heavy (non-hydrogen) atoms. The highest BCUT2D eigenvalue weighted by Crippen LogP contribution is 2.44. The summed E-state index contributed by atoms with van der Waals surface area (Å²) in [4.78, 5) is 17.9. The number of carbonyl (C=O) groups excluding carboxylic acids is 1. The van der Waals surface area contributed by atoms with Gasteiger partial charge >= 0.3 is 0 Å². The molecule has 0 aromatic carbocycles. The lowest BCUT2D eigenvalue weighted by molar-refractivity contribution is -0.129. The quantitative estimate of drug-likeness (QED) is 0.591. The van der Waals surface area contributed by atoms with Crippen LogP contribution in [0.1, 0.15) is 40.0 Å². The first kappa shape index (κ1) is 14.2. The summed E-state index contributed by atoms with van der Waals surface area (Å²) in [7, 11) is 1.80. The summed E-state index contributed by atoms with van der Waals surface area (Å²) in [6.07, 6.45) is 2.79. The van der Waals surface area contributed by atoms with Crippen LogP contribution in [0.15, 0.2) is 4.99 Å². The van der Waals surface area contributed by atoms with Crippen molar-refractivity contribution in [1.82, 2.24) is 15.5 Å². The molecule has 108 valence electrons. The third kappa shape index (κ3) is 3.39. The van der Waals surface area contributed by atoms with E-state index in [1.165, 1.54) is 6.42 Å². The highest BCUT2D eigenvalue weighted by Gasteiger charge is 2.46. The predicted molar refractivity (Wildman–Crippen MR) is 77.1 cm³/mol. The predicted octanol–water partition coefficient (Wildman–Crippen LogP) is 0.961. The van der Waals surface area contributed by atoms with Gasteiger partial charge in [-0.3, -0.25) is 9.79 Å². The molecule has 2 aliphatic rings. The monoisotopic (exact) mass is 266 g/mol. The van der Waals surface area contributed by atoms with Gasteiger partial charge in [-0.25, -0.2) is 0 Å². The highest BCUT2D eigenvalue weighted by molar-refractivity contribution is 5.81. The van der Waals surface area contributed by atoms with Crippen molar-refractivity contribution in [2.45, 2.75) is 52.1 Å². The van der Waals surface area contributed by atoms with Crippen LogP contribution in [-0.4, -0.2) is 49.0 Å². The summed E-state index contributed by atoms with van der Waals surface area (Å²) in [5.41, 5.74) is 0.386. The number of carbonyl (C=O) groups is 1. The lowest BCUT2D eigenvalue weighted by atomic mass is 10.2. The van der Waals surface area contributed by atoms with Gasteiger partial charge in [0, 0.05) is 38.6 Å². The van der Waals surface area contributed by atoms with Gasteiger partial charge < -0.3 is 15.5 Å². The maximum atomic E-state index is 11.6. The van der Waals surface area contributed by atoms with E-state index in [2.05, 4.69) is 29.5 Å². The van der Waals surface area contributed by atoms with Crippen molar-refractivity contribution in [3.8, 4) is 0 Å². The second-order valence-corrected chi connectivity index (χ2v) is 6.29. The van der Waals surface area contributed by atoms with E-state index in [-0.39, 0.29) is 5.91 Å². The van der Waals surface area contributed by atoms with Gasteiger partial charge in [-0.2, -0.15) is 0 Å². The van der Waals surface area contributed by atoms with Crippen LogP contribution in [0.3, 0.4) is 0 Å². The fourth-order valence-corrected chi connectivity index (χ4v) is 2.57. The topological polar surface area (TPSA) is 56.7 Å². The molecule has 0 radical (unpaired) electrons. The summed E-state index contributed by atoms with van der Waals surface area (Å²) >= 11 is 0. The zero-order valence-electron chi connectivity index (χ0n) is 12.5. The Morgan fingerprint density at radius 1 is 1.42 bits per heavy atom. The summed E-state index contributed by atoms with van der Waals surface area (Å²) in [6.45, 7) is 8.08. The van der Waals surface area contributed by atoms with Gasteiger partial charge in [0.15, 0.2) is 5.96 Å². The summed E-state index contributed by atoms with van der Waals surface area (Å²) < 4.78 is 0. The Bertz CT molecular complexity index is 378. The lowest BCUT2D eigenvalue weighted by Crippen LogP contribution is -2.46. The molecule has 2 atom stereocenters. The summed E-state index contributed by atoms with van der Waals surface area (Å²) in [6, 6.07) is 0.844. The van der Waals surface area contributed by atoms with E-state index in [1.807, 2.05) is 11.8 Å². The fourth-order valence-electron chi connectivity index (χ4n) is 2.57. The van der Waals surface area contributed by atoms with Crippen LogP contribution in [0.25, 0.3) is 0 Å². The van der Waals surface area contributed by atoms with E-state index in [0.717, 1.165) is 25.5 Å². The van der Waals surface area contributed by atoms with Crippen LogP contribution in [0.5, 0.6) is 0 Å². The summed E-state index contributed by atoms with van der Waals surface area (Å²) in [5.74, 6) is 1.11. The van der Waals surface area contributed by atoms with Crippen molar-refractivity contribution in [1.29, 1.82) is 0 Å². The molecule has 5 heteroatoms. The molecule has 0 spiro atoms. The number of nitrogens with one attached hydrogen (secondary N) is 2. The second-order valence-electron chi connectivity index (χ2n) is 6.29. The molecule has 1 saturated heterocycles. The third-order valence-electron chi connectivity index (χ3n) is 4.23. The molecule has 0 aromatic heterocycles. The molecule has 0 bridgehead atoms. The minimum Gasteiger partial charge on any atom is -0.353 e. The van der Waals surface area contributed by atoms with Gasteiger partial charge in [0.25, 0.3) is 0 Å². The first-order valence-corrected chi connectivity index (χ1v) is 7.24. The number of amides is 1. The molecular formula is C14H26N4O. The highest BCUT2D eigenvalue weighted by atomic mass is 16.2. The number of likely N-dealkylation sites (tertiary alicyclic amines) is 1. The van der Waals surface area contributed by atoms with Gasteiger partial charge in [-0.15, -0.1) is 0 Å². The van der Waals surface area contributed by atoms with Crippen molar-refractivity contribution < 1.29 is 4.79 Å².